The number of hydrogen-bond acceptors (Lipinski definition) is 8. The number of nitriles is 1. The molecule has 0 aliphatic carbocycles. The van der Waals surface area contributed by atoms with Gasteiger partial charge in [0, 0.05) is 29.8 Å². The Morgan fingerprint density at radius 1 is 1.07 bits per heavy atom. The summed E-state index contributed by atoms with van der Waals surface area (Å²) in [6.07, 6.45) is 4.97. The molecular formula is C33H33FN4O6. The molecule has 1 aromatic heterocycles. The van der Waals surface area contributed by atoms with Gasteiger partial charge in [0.2, 0.25) is 0 Å². The Labute approximate surface area is 254 Å². The number of carbonyl (C=O) groups is 3. The Hall–Kier alpha value is -5.08. The highest BCUT2D eigenvalue weighted by Gasteiger charge is 2.35. The second-order valence-corrected chi connectivity index (χ2v) is 9.94. The maximum Gasteiger partial charge on any atom is 0.302 e. The lowest BCUT2D eigenvalue weighted by atomic mass is 9.93. The molecule has 0 unspecified atom stereocenters. The van der Waals surface area contributed by atoms with Gasteiger partial charge in [-0.3, -0.25) is 19.3 Å². The third kappa shape index (κ3) is 7.46. The molecule has 2 aromatic carbocycles. The fraction of sp³-hybridized carbons (Fsp3) is 0.303. The molecule has 0 atom stereocenters. The van der Waals surface area contributed by atoms with Gasteiger partial charge in [0.1, 0.15) is 23.9 Å². The number of ether oxygens (including phenoxy) is 3. The normalized spacial score (nSPS) is 14.2. The lowest BCUT2D eigenvalue weighted by molar-refractivity contribution is -0.142. The van der Waals surface area contributed by atoms with Crippen LogP contribution in [0.15, 0.2) is 71.4 Å². The second-order valence-electron chi connectivity index (χ2n) is 9.94. The number of esters is 1. The predicted octanol–water partition coefficient (Wildman–Crippen LogP) is 5.03. The Morgan fingerprint density at radius 2 is 1.84 bits per heavy atom. The van der Waals surface area contributed by atoms with E-state index in [1.54, 1.807) is 29.1 Å². The van der Waals surface area contributed by atoms with Crippen molar-refractivity contribution >= 4 is 23.9 Å². The lowest BCUT2D eigenvalue weighted by Crippen LogP contribution is -2.44. The summed E-state index contributed by atoms with van der Waals surface area (Å²) in [5.41, 5.74) is 2.21. The van der Waals surface area contributed by atoms with Crippen molar-refractivity contribution in [1.82, 2.24) is 14.7 Å². The van der Waals surface area contributed by atoms with Crippen LogP contribution in [-0.2, 0) is 23.9 Å². The molecule has 3 aromatic rings. The molecule has 44 heavy (non-hydrogen) atoms. The Morgan fingerprint density at radius 3 is 2.52 bits per heavy atom. The molecule has 2 amide bonds. The van der Waals surface area contributed by atoms with E-state index in [1.165, 1.54) is 19.9 Å². The molecule has 0 spiro atoms. The molecule has 1 aliphatic rings. The van der Waals surface area contributed by atoms with E-state index in [4.69, 9.17) is 19.3 Å². The first-order valence-corrected chi connectivity index (χ1v) is 14.2. The summed E-state index contributed by atoms with van der Waals surface area (Å²) in [5.74, 6) is -2.20. The van der Waals surface area contributed by atoms with Gasteiger partial charge >= 0.3 is 5.97 Å². The molecule has 0 fully saturated rings. The highest BCUT2D eigenvalue weighted by atomic mass is 19.1. The number of nitrogens with zero attached hydrogens (tertiary/aromatic N) is 4. The van der Waals surface area contributed by atoms with E-state index in [9.17, 15) is 19.6 Å². The summed E-state index contributed by atoms with van der Waals surface area (Å²) in [7, 11) is 0. The molecule has 2 heterocycles. The van der Waals surface area contributed by atoms with Crippen LogP contribution in [-0.4, -0.2) is 65.4 Å². The van der Waals surface area contributed by atoms with Crippen LogP contribution in [0, 0.1) is 17.1 Å². The van der Waals surface area contributed by atoms with E-state index in [2.05, 4.69) is 0 Å². The molecule has 0 N–H and O–H groups in total. The van der Waals surface area contributed by atoms with Crippen molar-refractivity contribution in [3.63, 3.8) is 0 Å². The van der Waals surface area contributed by atoms with E-state index >= 15 is 4.39 Å². The van der Waals surface area contributed by atoms with Gasteiger partial charge in [-0.1, -0.05) is 31.5 Å². The summed E-state index contributed by atoms with van der Waals surface area (Å²) >= 11 is 0. The molecule has 0 saturated heterocycles. The highest BCUT2D eigenvalue weighted by molar-refractivity contribution is 6.19. The van der Waals surface area contributed by atoms with Crippen LogP contribution in [0.4, 0.5) is 4.39 Å². The summed E-state index contributed by atoms with van der Waals surface area (Å²) in [6.45, 7) is 5.21. The number of para-hydroxylation sites is 1. The second kappa shape index (κ2) is 14.9. The van der Waals surface area contributed by atoms with Crippen LogP contribution in [0.25, 0.3) is 23.0 Å². The van der Waals surface area contributed by atoms with Crippen molar-refractivity contribution < 1.29 is 33.0 Å². The topological polar surface area (TPSA) is 124 Å². The zero-order chi connectivity index (χ0) is 31.6. The number of carbonyl (C=O) groups excluding carboxylic acids is 3. The molecule has 11 heteroatoms. The van der Waals surface area contributed by atoms with Crippen molar-refractivity contribution in [2.24, 2.45) is 0 Å². The summed E-state index contributed by atoms with van der Waals surface area (Å²) in [4.78, 5) is 38.5. The van der Waals surface area contributed by atoms with E-state index in [1.807, 2.05) is 43.3 Å². The summed E-state index contributed by atoms with van der Waals surface area (Å²) in [6, 6.07) is 15.8. The first-order chi connectivity index (χ1) is 21.2. The van der Waals surface area contributed by atoms with Gasteiger partial charge in [-0.05, 0) is 55.3 Å². The lowest BCUT2D eigenvalue weighted by Gasteiger charge is -2.27. The van der Waals surface area contributed by atoms with Crippen molar-refractivity contribution in [3.8, 4) is 28.8 Å². The minimum atomic E-state index is -0.725. The first kappa shape index (κ1) is 31.8. The molecule has 228 valence electrons. The van der Waals surface area contributed by atoms with Crippen LogP contribution in [0.1, 0.15) is 39.2 Å². The van der Waals surface area contributed by atoms with Crippen LogP contribution < -0.4 is 4.74 Å². The van der Waals surface area contributed by atoms with Crippen molar-refractivity contribution in [1.29, 1.82) is 5.26 Å². The summed E-state index contributed by atoms with van der Waals surface area (Å²) < 4.78 is 32.5. The zero-order valence-corrected chi connectivity index (χ0v) is 24.8. The highest BCUT2D eigenvalue weighted by Crippen LogP contribution is 2.32. The number of rotatable bonds is 13. The van der Waals surface area contributed by atoms with Gasteiger partial charge in [-0.2, -0.15) is 10.4 Å². The van der Waals surface area contributed by atoms with Gasteiger partial charge in [-0.25, -0.2) is 9.07 Å². The van der Waals surface area contributed by atoms with Gasteiger partial charge in [0.05, 0.1) is 32.1 Å². The molecule has 0 bridgehead atoms. The number of hydrogen-bond donors (Lipinski definition) is 0. The van der Waals surface area contributed by atoms with E-state index in [-0.39, 0.29) is 48.8 Å². The average molecular weight is 601 g/mol. The van der Waals surface area contributed by atoms with Crippen LogP contribution in [0.5, 0.6) is 5.75 Å². The minimum Gasteiger partial charge on any atom is -0.491 e. The van der Waals surface area contributed by atoms with Crippen LogP contribution in [0.3, 0.4) is 0 Å². The van der Waals surface area contributed by atoms with Crippen LogP contribution in [0.2, 0.25) is 0 Å². The fourth-order valence-corrected chi connectivity index (χ4v) is 4.51. The van der Waals surface area contributed by atoms with Crippen molar-refractivity contribution in [2.75, 3.05) is 33.0 Å². The number of aromatic nitrogens is 2. The molecule has 1 aliphatic heterocycles. The molecular weight excluding hydrogens is 567 g/mol. The maximum atomic E-state index is 15.1. The van der Waals surface area contributed by atoms with E-state index < -0.39 is 23.6 Å². The standard InChI is InChI=1S/C33H33FN4O6/c1-4-5-14-44-30-12-11-24(19-29(30)34)31-25(21-38(36-31)26-9-7-6-8-10-26)18-27-22(2)28(20-35)33(41)37(32(27)40)13-15-42-16-17-43-23(3)39/h6-12,18-19,21H,4-5,13-17H2,1-3H3/b27-18+. The number of unbranched alkanes of at least 4 members (excludes halogenated alkanes) is 1. The predicted molar refractivity (Wildman–Crippen MR) is 160 cm³/mol. The molecule has 0 radical (unpaired) electrons. The molecule has 10 nitrogen and oxygen atoms in total. The summed E-state index contributed by atoms with van der Waals surface area (Å²) in [5, 5.41) is 14.5. The van der Waals surface area contributed by atoms with E-state index in [0.717, 1.165) is 23.4 Å². The van der Waals surface area contributed by atoms with Crippen molar-refractivity contribution in [3.05, 3.63) is 82.8 Å². The van der Waals surface area contributed by atoms with Gasteiger partial charge < -0.3 is 14.2 Å². The third-order valence-corrected chi connectivity index (χ3v) is 6.84. The average Bonchev–Trinajstić information content (AvgIpc) is 3.44. The monoisotopic (exact) mass is 600 g/mol. The number of amides is 2. The first-order valence-electron chi connectivity index (χ1n) is 14.2. The third-order valence-electron chi connectivity index (χ3n) is 6.84. The van der Waals surface area contributed by atoms with Gasteiger partial charge in [0.25, 0.3) is 11.8 Å². The smallest absolute Gasteiger partial charge is 0.302 e. The zero-order valence-electron chi connectivity index (χ0n) is 24.8. The van der Waals surface area contributed by atoms with E-state index in [0.29, 0.717) is 23.4 Å². The fourth-order valence-electron chi connectivity index (χ4n) is 4.51. The van der Waals surface area contributed by atoms with Gasteiger partial charge in [0.15, 0.2) is 11.6 Å². The Bertz CT molecular complexity index is 1640. The number of benzene rings is 2. The molecule has 4 rings (SSSR count). The number of imide groups is 1. The Kier molecular flexibility index (Phi) is 10.8. The maximum absolute atomic E-state index is 15.1. The quantitative estimate of drug-likeness (QED) is 0.116. The number of halogens is 1. The Balaban J connectivity index is 1.71. The van der Waals surface area contributed by atoms with Gasteiger partial charge in [-0.15, -0.1) is 0 Å². The SMILES string of the molecule is CCCCOc1ccc(-c2nn(-c3ccccc3)cc2/C=C2/C(=O)N(CCOCCOC(C)=O)C(=O)C(C#N)=C2C)cc1F. The minimum absolute atomic E-state index is 0.0209. The van der Waals surface area contributed by atoms with Crippen LogP contribution >= 0.6 is 0 Å². The van der Waals surface area contributed by atoms with Crippen molar-refractivity contribution in [2.45, 2.75) is 33.6 Å². The largest absolute Gasteiger partial charge is 0.491 e. The molecule has 0 saturated carbocycles.